The molecule has 1 atom stereocenters. The monoisotopic (exact) mass is 246 g/mol. The van der Waals surface area contributed by atoms with E-state index < -0.39 is 11.1 Å². The Bertz CT molecular complexity index is 496. The molecular formula is C14H18N2O2. The summed E-state index contributed by atoms with van der Waals surface area (Å²) >= 11 is 0. The fourth-order valence-electron chi connectivity index (χ4n) is 2.14. The summed E-state index contributed by atoms with van der Waals surface area (Å²) in [5.74, 6) is -0.241. The van der Waals surface area contributed by atoms with Crippen molar-refractivity contribution in [3.8, 4) is 0 Å². The predicted octanol–water partition coefficient (Wildman–Crippen LogP) is 1.27. The lowest BCUT2D eigenvalue weighted by molar-refractivity contribution is -0.158. The SMILES string of the molecule is CN1C(=O)C(C)(c2ccccc2)NC(=O)C1(C)C. The lowest BCUT2D eigenvalue weighted by atomic mass is 9.84. The summed E-state index contributed by atoms with van der Waals surface area (Å²) in [4.78, 5) is 26.2. The molecule has 1 aliphatic rings. The highest BCUT2D eigenvalue weighted by molar-refractivity contribution is 6.01. The number of nitrogens with one attached hydrogen (secondary N) is 1. The van der Waals surface area contributed by atoms with Crippen LogP contribution in [-0.4, -0.2) is 29.3 Å². The molecule has 18 heavy (non-hydrogen) atoms. The first-order valence-corrected chi connectivity index (χ1v) is 5.96. The molecule has 0 saturated carbocycles. The molecule has 0 aliphatic carbocycles. The molecule has 0 spiro atoms. The van der Waals surface area contributed by atoms with Gasteiger partial charge in [0.15, 0.2) is 0 Å². The number of hydrogen-bond acceptors (Lipinski definition) is 2. The van der Waals surface area contributed by atoms with Crippen molar-refractivity contribution in [2.24, 2.45) is 0 Å². The maximum Gasteiger partial charge on any atom is 0.253 e. The van der Waals surface area contributed by atoms with Crippen LogP contribution >= 0.6 is 0 Å². The first-order chi connectivity index (χ1) is 8.30. The molecule has 1 heterocycles. The molecule has 0 radical (unpaired) electrons. The Morgan fingerprint density at radius 2 is 1.61 bits per heavy atom. The number of benzene rings is 1. The third-order valence-electron chi connectivity index (χ3n) is 3.84. The van der Waals surface area contributed by atoms with E-state index in [-0.39, 0.29) is 11.8 Å². The van der Waals surface area contributed by atoms with Gasteiger partial charge < -0.3 is 10.2 Å². The van der Waals surface area contributed by atoms with E-state index >= 15 is 0 Å². The Balaban J connectivity index is 2.48. The third kappa shape index (κ3) is 1.60. The fourth-order valence-corrected chi connectivity index (χ4v) is 2.14. The standard InChI is InChI=1S/C14H18N2O2/c1-13(2)11(17)15-14(3,12(18)16(13)4)10-8-6-5-7-9-10/h5-9H,1-4H3,(H,15,17). The van der Waals surface area contributed by atoms with Gasteiger partial charge in [-0.3, -0.25) is 9.59 Å². The van der Waals surface area contributed by atoms with Crippen molar-refractivity contribution < 1.29 is 9.59 Å². The Morgan fingerprint density at radius 3 is 2.17 bits per heavy atom. The van der Waals surface area contributed by atoms with E-state index in [9.17, 15) is 9.59 Å². The van der Waals surface area contributed by atoms with Gasteiger partial charge in [0, 0.05) is 7.05 Å². The van der Waals surface area contributed by atoms with Crippen molar-refractivity contribution in [1.29, 1.82) is 0 Å². The van der Waals surface area contributed by atoms with Gasteiger partial charge >= 0.3 is 0 Å². The average Bonchev–Trinajstić information content (AvgIpc) is 2.36. The molecule has 1 saturated heterocycles. The molecule has 1 aromatic rings. The molecule has 1 N–H and O–H groups in total. The van der Waals surface area contributed by atoms with Crippen LogP contribution in [0.5, 0.6) is 0 Å². The topological polar surface area (TPSA) is 49.4 Å². The lowest BCUT2D eigenvalue weighted by Gasteiger charge is -2.47. The van der Waals surface area contributed by atoms with E-state index in [2.05, 4.69) is 5.32 Å². The highest BCUT2D eigenvalue weighted by Crippen LogP contribution is 2.31. The molecule has 2 amide bonds. The molecule has 2 rings (SSSR count). The van der Waals surface area contributed by atoms with Gasteiger partial charge in [0.25, 0.3) is 5.91 Å². The zero-order valence-electron chi connectivity index (χ0n) is 11.2. The maximum atomic E-state index is 12.5. The average molecular weight is 246 g/mol. The van der Waals surface area contributed by atoms with Crippen LogP contribution in [0.15, 0.2) is 30.3 Å². The van der Waals surface area contributed by atoms with E-state index in [0.29, 0.717) is 0 Å². The van der Waals surface area contributed by atoms with Crippen LogP contribution in [0.25, 0.3) is 0 Å². The summed E-state index contributed by atoms with van der Waals surface area (Å²) < 4.78 is 0. The number of rotatable bonds is 1. The van der Waals surface area contributed by atoms with Crippen LogP contribution in [0.4, 0.5) is 0 Å². The van der Waals surface area contributed by atoms with Gasteiger partial charge in [-0.1, -0.05) is 30.3 Å². The molecular weight excluding hydrogens is 228 g/mol. The highest BCUT2D eigenvalue weighted by Gasteiger charge is 2.51. The Morgan fingerprint density at radius 1 is 1.06 bits per heavy atom. The smallest absolute Gasteiger partial charge is 0.253 e. The normalized spacial score (nSPS) is 27.0. The summed E-state index contributed by atoms with van der Waals surface area (Å²) in [7, 11) is 1.67. The number of amides is 2. The minimum Gasteiger partial charge on any atom is -0.336 e. The number of carbonyl (C=O) groups excluding carboxylic acids is 2. The van der Waals surface area contributed by atoms with E-state index in [4.69, 9.17) is 0 Å². The molecule has 0 bridgehead atoms. The number of piperazine rings is 1. The molecule has 1 aromatic carbocycles. The minimum atomic E-state index is -0.984. The third-order valence-corrected chi connectivity index (χ3v) is 3.84. The summed E-state index contributed by atoms with van der Waals surface area (Å²) in [5.41, 5.74) is -1.00. The highest BCUT2D eigenvalue weighted by atomic mass is 16.2. The van der Waals surface area contributed by atoms with Gasteiger partial charge in [0.05, 0.1) is 0 Å². The fraction of sp³-hybridized carbons (Fsp3) is 0.429. The zero-order chi connectivity index (χ0) is 13.6. The van der Waals surface area contributed by atoms with Gasteiger partial charge in [-0.25, -0.2) is 0 Å². The van der Waals surface area contributed by atoms with E-state index in [1.807, 2.05) is 30.3 Å². The number of nitrogens with zero attached hydrogens (tertiary/aromatic N) is 1. The second-order valence-electron chi connectivity index (χ2n) is 5.37. The first kappa shape index (κ1) is 12.6. The van der Waals surface area contributed by atoms with Crippen molar-refractivity contribution in [2.45, 2.75) is 31.8 Å². The van der Waals surface area contributed by atoms with Crippen LogP contribution in [-0.2, 0) is 15.1 Å². The second kappa shape index (κ2) is 3.83. The molecule has 4 nitrogen and oxygen atoms in total. The van der Waals surface area contributed by atoms with E-state index in [1.165, 1.54) is 4.90 Å². The lowest BCUT2D eigenvalue weighted by Crippen LogP contribution is -2.70. The summed E-state index contributed by atoms with van der Waals surface area (Å²) in [6.45, 7) is 5.23. The van der Waals surface area contributed by atoms with Gasteiger partial charge in [-0.2, -0.15) is 0 Å². The van der Waals surface area contributed by atoms with Crippen molar-refractivity contribution in [3.63, 3.8) is 0 Å². The Labute approximate surface area is 107 Å². The molecule has 1 aliphatic heterocycles. The maximum absolute atomic E-state index is 12.5. The molecule has 1 unspecified atom stereocenters. The Hall–Kier alpha value is -1.84. The van der Waals surface area contributed by atoms with Gasteiger partial charge in [0.1, 0.15) is 11.1 Å². The molecule has 4 heteroatoms. The van der Waals surface area contributed by atoms with E-state index in [1.54, 1.807) is 27.8 Å². The summed E-state index contributed by atoms with van der Waals surface area (Å²) in [5, 5.41) is 2.85. The van der Waals surface area contributed by atoms with Crippen LogP contribution in [0.2, 0.25) is 0 Å². The van der Waals surface area contributed by atoms with Crippen LogP contribution in [0.1, 0.15) is 26.3 Å². The predicted molar refractivity (Wildman–Crippen MR) is 68.8 cm³/mol. The van der Waals surface area contributed by atoms with Gasteiger partial charge in [-0.05, 0) is 26.3 Å². The van der Waals surface area contributed by atoms with Crippen LogP contribution in [0, 0.1) is 0 Å². The van der Waals surface area contributed by atoms with Crippen LogP contribution < -0.4 is 5.32 Å². The first-order valence-electron chi connectivity index (χ1n) is 5.96. The van der Waals surface area contributed by atoms with Crippen LogP contribution in [0.3, 0.4) is 0 Å². The van der Waals surface area contributed by atoms with Crippen molar-refractivity contribution in [2.75, 3.05) is 7.05 Å². The summed E-state index contributed by atoms with van der Waals surface area (Å²) in [6.07, 6.45) is 0. The largest absolute Gasteiger partial charge is 0.336 e. The molecule has 0 aromatic heterocycles. The quantitative estimate of drug-likeness (QED) is 0.811. The summed E-state index contributed by atoms with van der Waals surface area (Å²) in [6, 6.07) is 9.31. The number of hydrogen-bond donors (Lipinski definition) is 1. The van der Waals surface area contributed by atoms with Crippen molar-refractivity contribution in [3.05, 3.63) is 35.9 Å². The zero-order valence-corrected chi connectivity index (χ0v) is 11.2. The van der Waals surface area contributed by atoms with Gasteiger partial charge in [0.2, 0.25) is 5.91 Å². The second-order valence-corrected chi connectivity index (χ2v) is 5.37. The van der Waals surface area contributed by atoms with Crippen molar-refractivity contribution in [1.82, 2.24) is 10.2 Å². The van der Waals surface area contributed by atoms with E-state index in [0.717, 1.165) is 5.56 Å². The Kier molecular flexibility index (Phi) is 2.69. The number of carbonyl (C=O) groups is 2. The molecule has 1 fully saturated rings. The minimum absolute atomic E-state index is 0.0988. The van der Waals surface area contributed by atoms with Gasteiger partial charge in [-0.15, -0.1) is 0 Å². The molecule has 96 valence electrons. The van der Waals surface area contributed by atoms with Crippen molar-refractivity contribution >= 4 is 11.8 Å². The number of likely N-dealkylation sites (N-methyl/N-ethyl adjacent to an activating group) is 1.